The predicted molar refractivity (Wildman–Crippen MR) is 85.9 cm³/mol. The molecule has 0 spiro atoms. The Bertz CT molecular complexity index is 382. The maximum absolute atomic E-state index is 6.07. The van der Waals surface area contributed by atoms with Crippen molar-refractivity contribution in [3.05, 3.63) is 35.4 Å². The van der Waals surface area contributed by atoms with Crippen LogP contribution in [-0.4, -0.2) is 6.61 Å². The molecule has 0 saturated carbocycles. The first-order chi connectivity index (χ1) is 8.77. The summed E-state index contributed by atoms with van der Waals surface area (Å²) < 4.78 is 0. The van der Waals surface area contributed by atoms with Crippen LogP contribution in [0, 0.1) is 0 Å². The molecule has 20 heavy (non-hydrogen) atoms. The lowest BCUT2D eigenvalue weighted by Gasteiger charge is -2.26. The number of hydrogen-bond acceptors (Lipinski definition) is 3. The van der Waals surface area contributed by atoms with Gasteiger partial charge in [0, 0.05) is 5.54 Å². The van der Waals surface area contributed by atoms with Gasteiger partial charge in [0.25, 0.3) is 0 Å². The van der Waals surface area contributed by atoms with Crippen molar-refractivity contribution >= 4 is 12.4 Å². The van der Waals surface area contributed by atoms with Crippen molar-refractivity contribution in [1.29, 1.82) is 0 Å². The van der Waals surface area contributed by atoms with E-state index in [9.17, 15) is 0 Å². The summed E-state index contributed by atoms with van der Waals surface area (Å²) in [4.78, 5) is 10.8. The van der Waals surface area contributed by atoms with Crippen LogP contribution in [0.4, 0.5) is 0 Å². The lowest BCUT2D eigenvalue weighted by Crippen LogP contribution is -2.29. The number of rotatable bonds is 7. The quantitative estimate of drug-likeness (QED) is 0.464. The Morgan fingerprint density at radius 1 is 1.00 bits per heavy atom. The highest BCUT2D eigenvalue weighted by Gasteiger charge is 2.23. The predicted octanol–water partition coefficient (Wildman–Crippen LogP) is 4.29. The van der Waals surface area contributed by atoms with Gasteiger partial charge in [0.2, 0.25) is 0 Å². The van der Waals surface area contributed by atoms with Crippen LogP contribution < -0.4 is 5.73 Å². The highest BCUT2D eigenvalue weighted by molar-refractivity contribution is 5.85. The molecule has 0 atom stereocenters. The summed E-state index contributed by atoms with van der Waals surface area (Å²) in [5.74, 6) is 0. The van der Waals surface area contributed by atoms with E-state index in [1.54, 1.807) is 0 Å². The van der Waals surface area contributed by atoms with Crippen LogP contribution in [0.3, 0.4) is 0 Å². The van der Waals surface area contributed by atoms with Gasteiger partial charge in [-0.2, -0.15) is 0 Å². The second kappa shape index (κ2) is 7.99. The van der Waals surface area contributed by atoms with E-state index in [-0.39, 0.29) is 17.9 Å². The molecule has 2 N–H and O–H groups in total. The topological polar surface area (TPSA) is 44.5 Å². The van der Waals surface area contributed by atoms with Crippen LogP contribution in [0.1, 0.15) is 58.6 Å². The van der Waals surface area contributed by atoms with Crippen molar-refractivity contribution in [3.8, 4) is 0 Å². The van der Waals surface area contributed by atoms with E-state index in [4.69, 9.17) is 15.5 Å². The van der Waals surface area contributed by atoms with Gasteiger partial charge in [-0.05, 0) is 45.2 Å². The number of unbranched alkanes of at least 4 members (excludes halogenated alkanes) is 1. The van der Waals surface area contributed by atoms with Gasteiger partial charge in [0.05, 0.1) is 6.61 Å². The van der Waals surface area contributed by atoms with E-state index in [1.165, 1.54) is 0 Å². The lowest BCUT2D eigenvalue weighted by atomic mass is 9.91. The normalized spacial score (nSPS) is 12.1. The van der Waals surface area contributed by atoms with Gasteiger partial charge in [-0.25, -0.2) is 9.78 Å². The molecule has 0 unspecified atom stereocenters. The molecule has 0 amide bonds. The Hall–Kier alpha value is -0.610. The van der Waals surface area contributed by atoms with Gasteiger partial charge >= 0.3 is 0 Å². The first-order valence-corrected chi connectivity index (χ1v) is 6.98. The molecule has 0 fully saturated rings. The number of benzene rings is 1. The van der Waals surface area contributed by atoms with Crippen molar-refractivity contribution in [2.24, 2.45) is 5.73 Å². The van der Waals surface area contributed by atoms with Crippen LogP contribution in [0.2, 0.25) is 0 Å². The van der Waals surface area contributed by atoms with E-state index in [2.05, 4.69) is 6.92 Å². The fourth-order valence-corrected chi connectivity index (χ4v) is 1.74. The minimum Gasteiger partial charge on any atom is -0.322 e. The van der Waals surface area contributed by atoms with Crippen LogP contribution in [0.15, 0.2) is 24.3 Å². The van der Waals surface area contributed by atoms with Gasteiger partial charge in [-0.1, -0.05) is 37.6 Å². The summed E-state index contributed by atoms with van der Waals surface area (Å²) in [7, 11) is 0. The lowest BCUT2D eigenvalue weighted by molar-refractivity contribution is -0.358. The van der Waals surface area contributed by atoms with E-state index in [1.807, 2.05) is 52.0 Å². The van der Waals surface area contributed by atoms with Crippen molar-refractivity contribution in [1.82, 2.24) is 0 Å². The molecule has 1 rings (SSSR count). The second-order valence-corrected chi connectivity index (χ2v) is 6.07. The first kappa shape index (κ1) is 19.4. The monoisotopic (exact) mass is 301 g/mol. The maximum Gasteiger partial charge on any atom is 0.123 e. The maximum atomic E-state index is 6.07. The molecule has 1 aromatic carbocycles. The zero-order valence-electron chi connectivity index (χ0n) is 13.2. The SMILES string of the molecule is CCCCOOC(C)(C)c1ccc(C(C)(C)N)cc1.Cl. The van der Waals surface area contributed by atoms with Crippen LogP contribution in [-0.2, 0) is 20.9 Å². The minimum absolute atomic E-state index is 0. The molecule has 0 aliphatic carbocycles. The smallest absolute Gasteiger partial charge is 0.123 e. The summed E-state index contributed by atoms with van der Waals surface area (Å²) in [6.45, 7) is 10.8. The zero-order valence-corrected chi connectivity index (χ0v) is 14.0. The number of nitrogens with two attached hydrogens (primary N) is 1. The van der Waals surface area contributed by atoms with Crippen molar-refractivity contribution < 1.29 is 9.78 Å². The number of hydrogen-bond donors (Lipinski definition) is 1. The summed E-state index contributed by atoms with van der Waals surface area (Å²) in [6, 6.07) is 8.19. The molecule has 0 radical (unpaired) electrons. The van der Waals surface area contributed by atoms with Crippen LogP contribution >= 0.6 is 12.4 Å². The van der Waals surface area contributed by atoms with Gasteiger partial charge < -0.3 is 5.73 Å². The Labute approximate surface area is 129 Å². The zero-order chi connectivity index (χ0) is 14.5. The standard InChI is InChI=1S/C16H27NO2.ClH/c1-6-7-12-18-19-16(4,5)14-10-8-13(9-11-14)15(2,3)17;/h8-11H,6-7,12,17H2,1-5H3;1H. The fraction of sp³-hybridized carbons (Fsp3) is 0.625. The average molecular weight is 302 g/mol. The average Bonchev–Trinajstić information content (AvgIpc) is 2.34. The van der Waals surface area contributed by atoms with Gasteiger partial charge in [0.15, 0.2) is 0 Å². The highest BCUT2D eigenvalue weighted by Crippen LogP contribution is 2.27. The Balaban J connectivity index is 0.00000361. The molecular weight excluding hydrogens is 274 g/mol. The third-order valence-corrected chi connectivity index (χ3v) is 3.17. The Morgan fingerprint density at radius 2 is 1.50 bits per heavy atom. The summed E-state index contributed by atoms with van der Waals surface area (Å²) in [5.41, 5.74) is 7.49. The first-order valence-electron chi connectivity index (χ1n) is 6.98. The van der Waals surface area contributed by atoms with Gasteiger partial charge in [0.1, 0.15) is 5.60 Å². The molecule has 3 nitrogen and oxygen atoms in total. The molecule has 4 heteroatoms. The molecule has 0 saturated heterocycles. The van der Waals surface area contributed by atoms with E-state index < -0.39 is 5.60 Å². The third kappa shape index (κ3) is 5.80. The summed E-state index contributed by atoms with van der Waals surface area (Å²) in [5, 5.41) is 0. The van der Waals surface area contributed by atoms with Crippen LogP contribution in [0.5, 0.6) is 0 Å². The molecule has 0 aliphatic heterocycles. The minimum atomic E-state index is -0.453. The Kier molecular flexibility index (Phi) is 7.74. The molecule has 0 bridgehead atoms. The largest absolute Gasteiger partial charge is 0.322 e. The van der Waals surface area contributed by atoms with Crippen molar-refractivity contribution in [2.75, 3.05) is 6.61 Å². The van der Waals surface area contributed by atoms with Crippen molar-refractivity contribution in [3.63, 3.8) is 0 Å². The molecule has 0 heterocycles. The summed E-state index contributed by atoms with van der Waals surface area (Å²) >= 11 is 0. The number of halogens is 1. The molecule has 1 aromatic rings. The fourth-order valence-electron chi connectivity index (χ4n) is 1.74. The van der Waals surface area contributed by atoms with Crippen molar-refractivity contribution in [2.45, 2.75) is 58.6 Å². The van der Waals surface area contributed by atoms with E-state index >= 15 is 0 Å². The van der Waals surface area contributed by atoms with E-state index in [0.29, 0.717) is 6.61 Å². The highest BCUT2D eigenvalue weighted by atomic mass is 35.5. The van der Waals surface area contributed by atoms with Crippen LogP contribution in [0.25, 0.3) is 0 Å². The van der Waals surface area contributed by atoms with E-state index in [0.717, 1.165) is 24.0 Å². The van der Waals surface area contributed by atoms with Gasteiger partial charge in [-0.3, -0.25) is 0 Å². The summed E-state index contributed by atoms with van der Waals surface area (Å²) in [6.07, 6.45) is 2.11. The third-order valence-electron chi connectivity index (χ3n) is 3.17. The molecule has 116 valence electrons. The second-order valence-electron chi connectivity index (χ2n) is 6.07. The van der Waals surface area contributed by atoms with Gasteiger partial charge in [-0.15, -0.1) is 12.4 Å². The molecular formula is C16H28ClNO2. The molecule has 0 aliphatic rings. The molecule has 0 aromatic heterocycles. The Morgan fingerprint density at radius 3 is 1.95 bits per heavy atom.